The monoisotopic (exact) mass is 356 g/mol. The number of carbonyl (C=O) groups is 3. The first-order chi connectivity index (χ1) is 12.1. The molecule has 1 saturated heterocycles. The zero-order valence-electron chi connectivity index (χ0n) is 13.3. The van der Waals surface area contributed by atoms with E-state index in [0.29, 0.717) is 17.0 Å². The van der Waals surface area contributed by atoms with E-state index in [2.05, 4.69) is 15.6 Å². The number of imide groups is 1. The van der Waals surface area contributed by atoms with Gasteiger partial charge in [-0.05, 0) is 42.0 Å². The van der Waals surface area contributed by atoms with Crippen LogP contribution in [0, 0.1) is 0 Å². The summed E-state index contributed by atoms with van der Waals surface area (Å²) >= 11 is 0.867. The van der Waals surface area contributed by atoms with Crippen molar-refractivity contribution in [2.75, 3.05) is 6.54 Å². The zero-order chi connectivity index (χ0) is 17.6. The molecule has 3 amide bonds. The molecule has 25 heavy (non-hydrogen) atoms. The highest BCUT2D eigenvalue weighted by molar-refractivity contribution is 8.18. The zero-order valence-corrected chi connectivity index (χ0v) is 14.1. The van der Waals surface area contributed by atoms with E-state index in [1.54, 1.807) is 42.9 Å². The Kier molecular flexibility index (Phi) is 5.30. The number of amides is 3. The minimum Gasteiger partial charge on any atom is -0.352 e. The molecule has 2 aromatic rings. The predicted molar refractivity (Wildman–Crippen MR) is 94.7 cm³/mol. The summed E-state index contributed by atoms with van der Waals surface area (Å²) in [5.41, 5.74) is 1.30. The topological polar surface area (TPSA) is 93.1 Å². The molecule has 128 valence electrons. The second-order valence-electron chi connectivity index (χ2n) is 5.38. The maximum Gasteiger partial charge on any atom is 0.290 e. The Hall–Kier alpha value is -2.87. The van der Waals surface area contributed by atoms with Crippen molar-refractivity contribution in [3.63, 3.8) is 0 Å². The van der Waals surface area contributed by atoms with Crippen molar-refractivity contribution in [1.29, 1.82) is 0 Å². The first-order valence-corrected chi connectivity index (χ1v) is 8.52. The molecule has 0 spiro atoms. The number of aromatic nitrogens is 2. The highest BCUT2D eigenvalue weighted by atomic mass is 32.2. The number of imidazole rings is 1. The van der Waals surface area contributed by atoms with Crippen LogP contribution in [0.3, 0.4) is 0 Å². The Bertz CT molecular complexity index is 813. The van der Waals surface area contributed by atoms with Crippen LogP contribution in [-0.4, -0.2) is 33.1 Å². The average molecular weight is 356 g/mol. The summed E-state index contributed by atoms with van der Waals surface area (Å²) in [5.74, 6) is -0.539. The lowest BCUT2D eigenvalue weighted by molar-refractivity contribution is -0.115. The van der Waals surface area contributed by atoms with Crippen molar-refractivity contribution >= 4 is 34.9 Å². The summed E-state index contributed by atoms with van der Waals surface area (Å²) in [7, 11) is 0. The third kappa shape index (κ3) is 4.57. The number of thioether (sulfide) groups is 1. The van der Waals surface area contributed by atoms with Gasteiger partial charge in [0.15, 0.2) is 0 Å². The largest absolute Gasteiger partial charge is 0.352 e. The fraction of sp³-hybridized carbons (Fsp3) is 0.176. The van der Waals surface area contributed by atoms with Gasteiger partial charge in [0.25, 0.3) is 17.1 Å². The number of rotatable bonds is 6. The number of benzene rings is 1. The number of aryl methyl sites for hydroxylation is 1. The lowest BCUT2D eigenvalue weighted by atomic mass is 10.1. The lowest BCUT2D eigenvalue weighted by Gasteiger charge is -2.06. The molecule has 0 radical (unpaired) electrons. The van der Waals surface area contributed by atoms with E-state index < -0.39 is 5.91 Å². The van der Waals surface area contributed by atoms with Crippen LogP contribution >= 0.6 is 11.8 Å². The molecule has 0 bridgehead atoms. The Morgan fingerprint density at radius 2 is 2.08 bits per heavy atom. The molecule has 7 nitrogen and oxygen atoms in total. The molecule has 0 unspecified atom stereocenters. The fourth-order valence-corrected chi connectivity index (χ4v) is 2.97. The van der Waals surface area contributed by atoms with Gasteiger partial charge in [-0.1, -0.05) is 12.1 Å². The average Bonchev–Trinajstić information content (AvgIpc) is 3.22. The van der Waals surface area contributed by atoms with Crippen LogP contribution in [0.2, 0.25) is 0 Å². The molecule has 1 aliphatic heterocycles. The number of hydrogen-bond donors (Lipinski definition) is 2. The SMILES string of the molecule is O=C1NC(=O)C(=Cc2ccc(C(=O)NCCCn3ccnc3)cc2)S1. The number of nitrogens with zero attached hydrogens (tertiary/aromatic N) is 2. The number of carbonyl (C=O) groups excluding carboxylic acids is 3. The number of nitrogens with one attached hydrogen (secondary N) is 2. The Morgan fingerprint density at radius 1 is 1.28 bits per heavy atom. The Labute approximate surface area is 148 Å². The quantitative estimate of drug-likeness (QED) is 0.610. The maximum atomic E-state index is 12.1. The van der Waals surface area contributed by atoms with E-state index in [4.69, 9.17) is 0 Å². The van der Waals surface area contributed by atoms with E-state index >= 15 is 0 Å². The van der Waals surface area contributed by atoms with E-state index in [1.807, 2.05) is 10.8 Å². The van der Waals surface area contributed by atoms with Crippen molar-refractivity contribution in [1.82, 2.24) is 20.2 Å². The van der Waals surface area contributed by atoms with Gasteiger partial charge in [0.05, 0.1) is 11.2 Å². The molecule has 3 rings (SSSR count). The summed E-state index contributed by atoms with van der Waals surface area (Å²) in [5, 5.41) is 4.70. The van der Waals surface area contributed by atoms with Crippen LogP contribution in [0.4, 0.5) is 4.79 Å². The van der Waals surface area contributed by atoms with Crippen LogP contribution in [0.25, 0.3) is 6.08 Å². The molecule has 1 aromatic carbocycles. The minimum absolute atomic E-state index is 0.145. The van der Waals surface area contributed by atoms with Crippen LogP contribution < -0.4 is 10.6 Å². The first-order valence-electron chi connectivity index (χ1n) is 7.71. The number of hydrogen-bond acceptors (Lipinski definition) is 5. The van der Waals surface area contributed by atoms with E-state index in [-0.39, 0.29) is 11.1 Å². The third-order valence-corrected chi connectivity index (χ3v) is 4.36. The molecule has 0 atom stereocenters. The van der Waals surface area contributed by atoms with Gasteiger partial charge in [0, 0.05) is 31.0 Å². The van der Waals surface area contributed by atoms with Gasteiger partial charge in [-0.2, -0.15) is 0 Å². The van der Waals surface area contributed by atoms with Gasteiger partial charge in [0.2, 0.25) is 0 Å². The molecular weight excluding hydrogens is 340 g/mol. The van der Waals surface area contributed by atoms with Crippen molar-refractivity contribution in [2.24, 2.45) is 0 Å². The van der Waals surface area contributed by atoms with Crippen LogP contribution in [-0.2, 0) is 11.3 Å². The van der Waals surface area contributed by atoms with Crippen molar-refractivity contribution in [3.8, 4) is 0 Å². The van der Waals surface area contributed by atoms with E-state index in [9.17, 15) is 14.4 Å². The molecule has 0 aliphatic carbocycles. The second kappa shape index (κ2) is 7.80. The molecule has 1 aliphatic rings. The molecule has 1 aromatic heterocycles. The summed E-state index contributed by atoms with van der Waals surface area (Å²) in [4.78, 5) is 39.0. The maximum absolute atomic E-state index is 12.1. The summed E-state index contributed by atoms with van der Waals surface area (Å²) in [6, 6.07) is 6.86. The summed E-state index contributed by atoms with van der Waals surface area (Å²) in [6.45, 7) is 1.37. The summed E-state index contributed by atoms with van der Waals surface area (Å²) < 4.78 is 1.95. The smallest absolute Gasteiger partial charge is 0.290 e. The molecule has 1 fully saturated rings. The van der Waals surface area contributed by atoms with Crippen LogP contribution in [0.1, 0.15) is 22.3 Å². The van der Waals surface area contributed by atoms with Crippen LogP contribution in [0.15, 0.2) is 47.9 Å². The minimum atomic E-state index is -0.394. The Morgan fingerprint density at radius 3 is 2.72 bits per heavy atom. The Balaban J connectivity index is 1.51. The molecule has 2 heterocycles. The van der Waals surface area contributed by atoms with Gasteiger partial charge >= 0.3 is 0 Å². The molecule has 2 N–H and O–H groups in total. The van der Waals surface area contributed by atoms with Gasteiger partial charge in [-0.25, -0.2) is 4.98 Å². The van der Waals surface area contributed by atoms with E-state index in [0.717, 1.165) is 30.3 Å². The first kappa shape index (κ1) is 17.0. The van der Waals surface area contributed by atoms with Crippen molar-refractivity contribution < 1.29 is 14.4 Å². The van der Waals surface area contributed by atoms with Gasteiger partial charge in [-0.15, -0.1) is 0 Å². The van der Waals surface area contributed by atoms with Crippen molar-refractivity contribution in [2.45, 2.75) is 13.0 Å². The standard InChI is InChI=1S/C17H16N4O3S/c22-15(19-6-1-8-21-9-7-18-11-21)13-4-2-12(3-5-13)10-14-16(23)20-17(24)25-14/h2-5,7,9-11H,1,6,8H2,(H,19,22)(H,20,23,24). The molecule has 0 saturated carbocycles. The fourth-order valence-electron chi connectivity index (χ4n) is 2.29. The second-order valence-corrected chi connectivity index (χ2v) is 6.40. The highest BCUT2D eigenvalue weighted by Crippen LogP contribution is 2.25. The van der Waals surface area contributed by atoms with Gasteiger partial charge in [0.1, 0.15) is 0 Å². The predicted octanol–water partition coefficient (Wildman–Crippen LogP) is 2.03. The normalized spacial score (nSPS) is 15.4. The third-order valence-electron chi connectivity index (χ3n) is 3.55. The van der Waals surface area contributed by atoms with Gasteiger partial charge < -0.3 is 9.88 Å². The van der Waals surface area contributed by atoms with Gasteiger partial charge in [-0.3, -0.25) is 19.7 Å². The van der Waals surface area contributed by atoms with Crippen LogP contribution in [0.5, 0.6) is 0 Å². The highest BCUT2D eigenvalue weighted by Gasteiger charge is 2.24. The van der Waals surface area contributed by atoms with E-state index in [1.165, 1.54) is 0 Å². The molecule has 8 heteroatoms. The summed E-state index contributed by atoms with van der Waals surface area (Å²) in [6.07, 6.45) is 7.78. The van der Waals surface area contributed by atoms with Crippen molar-refractivity contribution in [3.05, 3.63) is 59.0 Å². The lowest BCUT2D eigenvalue weighted by Crippen LogP contribution is -2.25. The molecular formula is C17H16N4O3S.